The lowest BCUT2D eigenvalue weighted by Crippen LogP contribution is -2.35. The van der Waals surface area contributed by atoms with E-state index < -0.39 is 0 Å². The summed E-state index contributed by atoms with van der Waals surface area (Å²) in [6.07, 6.45) is 2.18. The van der Waals surface area contributed by atoms with Crippen molar-refractivity contribution in [3.63, 3.8) is 0 Å². The molecule has 7 heteroatoms. The number of aromatic nitrogens is 4. The molecule has 0 spiro atoms. The Morgan fingerprint density at radius 2 is 1.74 bits per heavy atom. The zero-order chi connectivity index (χ0) is 18.5. The van der Waals surface area contributed by atoms with E-state index in [9.17, 15) is 4.39 Å². The third-order valence-corrected chi connectivity index (χ3v) is 4.92. The molecule has 0 N–H and O–H groups in total. The maximum absolute atomic E-state index is 13.1. The molecule has 6 nitrogen and oxygen atoms in total. The highest BCUT2D eigenvalue weighted by Gasteiger charge is 2.21. The topological polar surface area (TPSA) is 56.1 Å². The predicted octanol–water partition coefficient (Wildman–Crippen LogP) is 3.09. The monoisotopic (exact) mass is 367 g/mol. The number of rotatable bonds is 6. The number of benzene rings is 2. The number of hydrogen-bond acceptors (Lipinski definition) is 5. The zero-order valence-corrected chi connectivity index (χ0v) is 15.0. The summed E-state index contributed by atoms with van der Waals surface area (Å²) in [5.41, 5.74) is 2.03. The molecule has 1 fully saturated rings. The van der Waals surface area contributed by atoms with Crippen LogP contribution < -0.4 is 4.74 Å². The molecule has 1 aliphatic rings. The van der Waals surface area contributed by atoms with Gasteiger partial charge in [0.1, 0.15) is 5.82 Å². The molecule has 0 amide bonds. The van der Waals surface area contributed by atoms with E-state index in [-0.39, 0.29) is 5.82 Å². The second kappa shape index (κ2) is 8.26. The average molecular weight is 367 g/mol. The summed E-state index contributed by atoms with van der Waals surface area (Å²) in [4.78, 5) is 2.48. The van der Waals surface area contributed by atoms with E-state index in [4.69, 9.17) is 4.74 Å². The van der Waals surface area contributed by atoms with Crippen LogP contribution in [0.5, 0.6) is 6.01 Å². The normalized spacial score (nSPS) is 15.7. The molecule has 0 radical (unpaired) electrons. The first-order valence-electron chi connectivity index (χ1n) is 9.21. The number of ether oxygens (including phenoxy) is 1. The highest BCUT2D eigenvalue weighted by Crippen LogP contribution is 2.21. The van der Waals surface area contributed by atoms with Crippen molar-refractivity contribution >= 4 is 0 Å². The van der Waals surface area contributed by atoms with E-state index in [0.29, 0.717) is 24.2 Å². The number of likely N-dealkylation sites (tertiary alicyclic amines) is 1. The molecule has 3 aromatic rings. The van der Waals surface area contributed by atoms with Gasteiger partial charge < -0.3 is 4.74 Å². The van der Waals surface area contributed by atoms with E-state index in [1.54, 1.807) is 12.1 Å². The smallest absolute Gasteiger partial charge is 0.340 e. The number of piperidine rings is 1. The van der Waals surface area contributed by atoms with Crippen LogP contribution in [0.2, 0.25) is 0 Å². The minimum atomic E-state index is -0.295. The Kier molecular flexibility index (Phi) is 5.39. The van der Waals surface area contributed by atoms with E-state index >= 15 is 0 Å². The van der Waals surface area contributed by atoms with Crippen LogP contribution in [0.1, 0.15) is 18.4 Å². The third kappa shape index (κ3) is 4.49. The Labute approximate surface area is 157 Å². The van der Waals surface area contributed by atoms with Gasteiger partial charge in [0.05, 0.1) is 12.3 Å². The fourth-order valence-electron chi connectivity index (χ4n) is 3.36. The van der Waals surface area contributed by atoms with Gasteiger partial charge in [0, 0.05) is 6.54 Å². The third-order valence-electron chi connectivity index (χ3n) is 4.92. The Hall–Kier alpha value is -2.80. The fraction of sp³-hybridized carbons (Fsp3) is 0.350. The molecule has 4 rings (SSSR count). The Morgan fingerprint density at radius 3 is 2.48 bits per heavy atom. The van der Waals surface area contributed by atoms with Crippen molar-refractivity contribution in [2.75, 3.05) is 19.7 Å². The molecule has 27 heavy (non-hydrogen) atoms. The standard InChI is InChI=1S/C20H22FN5O/c21-18-6-8-19(9-7-18)26-20(22-23-24-26)27-15-17-10-12-25(13-11-17)14-16-4-2-1-3-5-16/h1-9,17H,10-15H2. The van der Waals surface area contributed by atoms with E-state index in [1.807, 2.05) is 6.07 Å². The van der Waals surface area contributed by atoms with Gasteiger partial charge in [-0.1, -0.05) is 35.4 Å². The lowest BCUT2D eigenvalue weighted by molar-refractivity contribution is 0.130. The quantitative estimate of drug-likeness (QED) is 0.670. The lowest BCUT2D eigenvalue weighted by atomic mass is 9.97. The van der Waals surface area contributed by atoms with Gasteiger partial charge in [0.15, 0.2) is 0 Å². The van der Waals surface area contributed by atoms with Crippen molar-refractivity contribution in [3.05, 3.63) is 66.0 Å². The zero-order valence-electron chi connectivity index (χ0n) is 15.0. The largest absolute Gasteiger partial charge is 0.462 e. The molecular weight excluding hydrogens is 345 g/mol. The minimum Gasteiger partial charge on any atom is -0.462 e. The van der Waals surface area contributed by atoms with Gasteiger partial charge in [-0.3, -0.25) is 4.90 Å². The maximum atomic E-state index is 13.1. The molecule has 0 bridgehead atoms. The van der Waals surface area contributed by atoms with Gasteiger partial charge >= 0.3 is 6.01 Å². The van der Waals surface area contributed by atoms with Crippen molar-refractivity contribution in [2.45, 2.75) is 19.4 Å². The molecule has 2 heterocycles. The van der Waals surface area contributed by atoms with Crippen molar-refractivity contribution < 1.29 is 9.13 Å². The minimum absolute atomic E-state index is 0.295. The SMILES string of the molecule is Fc1ccc(-n2nnnc2OCC2CCN(Cc3ccccc3)CC2)cc1. The van der Waals surface area contributed by atoms with Gasteiger partial charge in [-0.15, -0.1) is 0 Å². The van der Waals surface area contributed by atoms with Crippen LogP contribution in [0.25, 0.3) is 5.69 Å². The summed E-state index contributed by atoms with van der Waals surface area (Å²) >= 11 is 0. The van der Waals surface area contributed by atoms with Crippen LogP contribution in [-0.4, -0.2) is 44.8 Å². The van der Waals surface area contributed by atoms with Crippen molar-refractivity contribution in [2.24, 2.45) is 5.92 Å². The van der Waals surface area contributed by atoms with Gasteiger partial charge in [-0.25, -0.2) is 4.39 Å². The van der Waals surface area contributed by atoms with E-state index in [2.05, 4.69) is 44.7 Å². The summed E-state index contributed by atoms with van der Waals surface area (Å²) in [6, 6.07) is 16.9. The molecule has 0 unspecified atom stereocenters. The van der Waals surface area contributed by atoms with Crippen LogP contribution >= 0.6 is 0 Å². The second-order valence-corrected chi connectivity index (χ2v) is 6.87. The molecule has 1 aromatic heterocycles. The van der Waals surface area contributed by atoms with Gasteiger partial charge in [-0.05, 0) is 72.1 Å². The Morgan fingerprint density at radius 1 is 1.00 bits per heavy atom. The maximum Gasteiger partial charge on any atom is 0.340 e. The van der Waals surface area contributed by atoms with Gasteiger partial charge in [0.2, 0.25) is 0 Å². The van der Waals surface area contributed by atoms with Gasteiger partial charge in [0.25, 0.3) is 0 Å². The first-order valence-corrected chi connectivity index (χ1v) is 9.21. The van der Waals surface area contributed by atoms with Crippen LogP contribution in [0.15, 0.2) is 54.6 Å². The fourth-order valence-corrected chi connectivity index (χ4v) is 3.36. The Bertz CT molecular complexity index is 844. The number of tetrazole rings is 1. The molecule has 140 valence electrons. The Balaban J connectivity index is 1.28. The summed E-state index contributed by atoms with van der Waals surface area (Å²) in [5, 5.41) is 11.6. The lowest BCUT2D eigenvalue weighted by Gasteiger charge is -2.31. The first-order chi connectivity index (χ1) is 13.3. The number of hydrogen-bond donors (Lipinski definition) is 0. The predicted molar refractivity (Wildman–Crippen MR) is 99.1 cm³/mol. The van der Waals surface area contributed by atoms with Crippen LogP contribution in [0.3, 0.4) is 0 Å². The summed E-state index contributed by atoms with van der Waals surface area (Å²) in [6.45, 7) is 3.70. The van der Waals surface area contributed by atoms with Crippen molar-refractivity contribution in [1.29, 1.82) is 0 Å². The molecular formula is C20H22FN5O. The molecule has 0 atom stereocenters. The van der Waals surface area contributed by atoms with Gasteiger partial charge in [-0.2, -0.15) is 4.68 Å². The summed E-state index contributed by atoms with van der Waals surface area (Å²) < 4.78 is 20.5. The van der Waals surface area contributed by atoms with Crippen molar-refractivity contribution in [1.82, 2.24) is 25.1 Å². The molecule has 0 aliphatic carbocycles. The molecule has 1 saturated heterocycles. The number of halogens is 1. The second-order valence-electron chi connectivity index (χ2n) is 6.87. The van der Waals surface area contributed by atoms with E-state index in [1.165, 1.54) is 22.4 Å². The summed E-state index contributed by atoms with van der Waals surface area (Å²) in [5.74, 6) is 0.187. The highest BCUT2D eigenvalue weighted by atomic mass is 19.1. The van der Waals surface area contributed by atoms with Crippen LogP contribution in [-0.2, 0) is 6.54 Å². The molecule has 2 aromatic carbocycles. The average Bonchev–Trinajstić information content (AvgIpc) is 3.17. The highest BCUT2D eigenvalue weighted by molar-refractivity contribution is 5.32. The van der Waals surface area contributed by atoms with Crippen molar-refractivity contribution in [3.8, 4) is 11.7 Å². The molecule has 0 saturated carbocycles. The van der Waals surface area contributed by atoms with E-state index in [0.717, 1.165) is 32.5 Å². The van der Waals surface area contributed by atoms with Crippen LogP contribution in [0, 0.1) is 11.7 Å². The molecule has 1 aliphatic heterocycles. The number of nitrogens with zero attached hydrogens (tertiary/aromatic N) is 5. The van der Waals surface area contributed by atoms with Crippen LogP contribution in [0.4, 0.5) is 4.39 Å². The summed E-state index contributed by atoms with van der Waals surface area (Å²) in [7, 11) is 0. The first kappa shape index (κ1) is 17.6.